The van der Waals surface area contributed by atoms with E-state index in [1.807, 2.05) is 0 Å². The first-order chi connectivity index (χ1) is 8.00. The molecule has 1 fully saturated rings. The highest BCUT2D eigenvalue weighted by molar-refractivity contribution is 5.78. The van der Waals surface area contributed by atoms with Crippen LogP contribution in [-0.4, -0.2) is 31.1 Å². The fraction of sp³-hybridized carbons (Fsp3) is 0.833. The van der Waals surface area contributed by atoms with Gasteiger partial charge >= 0.3 is 0 Å². The highest BCUT2D eigenvalue weighted by Crippen LogP contribution is 2.29. The predicted octanol–water partition coefficient (Wildman–Crippen LogP) is -0.306. The summed E-state index contributed by atoms with van der Waals surface area (Å²) in [6.45, 7) is 3.57. The third kappa shape index (κ3) is 4.73. The Bertz CT molecular complexity index is 280. The Morgan fingerprint density at radius 3 is 2.65 bits per heavy atom. The molecule has 3 atom stereocenters. The molecule has 0 radical (unpaired) electrons. The van der Waals surface area contributed by atoms with Crippen LogP contribution in [-0.2, 0) is 14.3 Å². The molecule has 5 nitrogen and oxygen atoms in total. The molecule has 0 bridgehead atoms. The predicted molar refractivity (Wildman–Crippen MR) is 59.9 cm³/mol. The van der Waals surface area contributed by atoms with Crippen molar-refractivity contribution in [2.24, 2.45) is 11.8 Å². The van der Waals surface area contributed by atoms with Crippen LogP contribution in [0.1, 0.15) is 33.1 Å². The number of carbonyl (C=O) groups excluding carboxylic acids is 2. The Morgan fingerprint density at radius 1 is 1.29 bits per heavy atom. The molecular weight excluding hydrogens is 222 g/mol. The van der Waals surface area contributed by atoms with E-state index in [9.17, 15) is 14.7 Å². The number of aliphatic carboxylic acids is 1. The van der Waals surface area contributed by atoms with Crippen molar-refractivity contribution in [3.63, 3.8) is 0 Å². The van der Waals surface area contributed by atoms with Crippen molar-refractivity contribution in [2.45, 2.75) is 39.2 Å². The van der Waals surface area contributed by atoms with E-state index in [0.717, 1.165) is 12.8 Å². The number of hydrogen-bond acceptors (Lipinski definition) is 4. The molecule has 5 heteroatoms. The molecule has 0 spiro atoms. The van der Waals surface area contributed by atoms with E-state index in [4.69, 9.17) is 0 Å². The minimum Gasteiger partial charge on any atom is -0.548 e. The van der Waals surface area contributed by atoms with Crippen LogP contribution in [0.4, 0.5) is 0 Å². The monoisotopic (exact) mass is 242 g/mol. The Kier molecular flexibility index (Phi) is 5.41. The number of carboxylic acids is 1. The van der Waals surface area contributed by atoms with E-state index in [0.29, 0.717) is 11.8 Å². The van der Waals surface area contributed by atoms with Crippen LogP contribution in [0, 0.1) is 11.8 Å². The van der Waals surface area contributed by atoms with Gasteiger partial charge in [0.2, 0.25) is 5.91 Å². The van der Waals surface area contributed by atoms with E-state index in [-0.39, 0.29) is 18.6 Å². The maximum absolute atomic E-state index is 11.5. The molecule has 1 aliphatic rings. The lowest BCUT2D eigenvalue weighted by Crippen LogP contribution is -2.45. The van der Waals surface area contributed by atoms with Gasteiger partial charge in [-0.3, -0.25) is 4.79 Å². The van der Waals surface area contributed by atoms with Gasteiger partial charge in [-0.05, 0) is 18.3 Å². The maximum atomic E-state index is 11.5. The minimum absolute atomic E-state index is 0.179. The van der Waals surface area contributed by atoms with Gasteiger partial charge in [0, 0.05) is 6.04 Å². The van der Waals surface area contributed by atoms with Crippen LogP contribution in [0.2, 0.25) is 0 Å². The third-order valence-electron chi connectivity index (χ3n) is 3.51. The zero-order valence-corrected chi connectivity index (χ0v) is 10.4. The van der Waals surface area contributed by atoms with Gasteiger partial charge in [0.05, 0.1) is 12.6 Å². The number of amides is 1. The largest absolute Gasteiger partial charge is 0.548 e. The summed E-state index contributed by atoms with van der Waals surface area (Å²) in [6.07, 6.45) is 3.31. The molecule has 0 aliphatic heterocycles. The molecule has 0 aromatic carbocycles. The Labute approximate surface area is 102 Å². The second-order valence-corrected chi connectivity index (χ2v) is 4.81. The number of rotatable bonds is 5. The van der Waals surface area contributed by atoms with Crippen molar-refractivity contribution >= 4 is 11.9 Å². The summed E-state index contributed by atoms with van der Waals surface area (Å²) in [6, 6.07) is 0.179. The van der Waals surface area contributed by atoms with Gasteiger partial charge in [-0.1, -0.05) is 26.7 Å². The average molecular weight is 242 g/mol. The van der Waals surface area contributed by atoms with Gasteiger partial charge < -0.3 is 20.0 Å². The molecule has 0 heterocycles. The van der Waals surface area contributed by atoms with Crippen molar-refractivity contribution in [1.29, 1.82) is 0 Å². The number of hydrogen-bond donors (Lipinski definition) is 1. The Hall–Kier alpha value is -1.10. The molecule has 0 aromatic rings. The SMILES string of the molecule is C[C@@H]1[C@@H](C)CCC[C@H]1NC(=O)COCC(=O)[O-]. The second kappa shape index (κ2) is 6.59. The van der Waals surface area contributed by atoms with E-state index < -0.39 is 12.6 Å². The van der Waals surface area contributed by atoms with Crippen LogP contribution in [0.3, 0.4) is 0 Å². The van der Waals surface area contributed by atoms with E-state index in [2.05, 4.69) is 23.9 Å². The zero-order chi connectivity index (χ0) is 12.8. The van der Waals surface area contributed by atoms with Gasteiger partial charge in [0.15, 0.2) is 0 Å². The Balaban J connectivity index is 2.27. The van der Waals surface area contributed by atoms with Crippen molar-refractivity contribution in [3.05, 3.63) is 0 Å². The molecule has 98 valence electrons. The summed E-state index contributed by atoms with van der Waals surface area (Å²) in [5, 5.41) is 13.0. The number of ether oxygens (including phenoxy) is 1. The summed E-state index contributed by atoms with van der Waals surface area (Å²) in [5.74, 6) is -0.498. The van der Waals surface area contributed by atoms with Crippen molar-refractivity contribution in [3.8, 4) is 0 Å². The third-order valence-corrected chi connectivity index (χ3v) is 3.51. The molecular formula is C12H20NO4-. The maximum Gasteiger partial charge on any atom is 0.246 e. The van der Waals surface area contributed by atoms with Crippen LogP contribution in [0.5, 0.6) is 0 Å². The Morgan fingerprint density at radius 2 is 2.00 bits per heavy atom. The normalized spacial score (nSPS) is 28.7. The lowest BCUT2D eigenvalue weighted by atomic mass is 9.78. The van der Waals surface area contributed by atoms with Crippen LogP contribution < -0.4 is 10.4 Å². The lowest BCUT2D eigenvalue weighted by Gasteiger charge is -2.34. The van der Waals surface area contributed by atoms with Crippen LogP contribution in [0.15, 0.2) is 0 Å². The smallest absolute Gasteiger partial charge is 0.246 e. The first-order valence-corrected chi connectivity index (χ1v) is 6.07. The molecule has 0 saturated heterocycles. The summed E-state index contributed by atoms with van der Waals surface area (Å²) < 4.78 is 4.69. The first-order valence-electron chi connectivity index (χ1n) is 6.07. The first kappa shape index (κ1) is 14.0. The molecule has 1 rings (SSSR count). The van der Waals surface area contributed by atoms with E-state index in [1.54, 1.807) is 0 Å². The topological polar surface area (TPSA) is 78.5 Å². The summed E-state index contributed by atoms with van der Waals surface area (Å²) in [4.78, 5) is 21.6. The van der Waals surface area contributed by atoms with Crippen LogP contribution in [0.25, 0.3) is 0 Å². The van der Waals surface area contributed by atoms with Gasteiger partial charge in [-0.2, -0.15) is 0 Å². The molecule has 1 aliphatic carbocycles. The summed E-state index contributed by atoms with van der Waals surface area (Å²) >= 11 is 0. The van der Waals surface area contributed by atoms with Crippen LogP contribution >= 0.6 is 0 Å². The van der Waals surface area contributed by atoms with Crippen molar-refractivity contribution in [1.82, 2.24) is 5.32 Å². The zero-order valence-electron chi connectivity index (χ0n) is 10.4. The number of carboxylic acid groups (broad SMARTS) is 1. The van der Waals surface area contributed by atoms with Gasteiger partial charge in [0.25, 0.3) is 0 Å². The quantitative estimate of drug-likeness (QED) is 0.717. The highest BCUT2D eigenvalue weighted by atomic mass is 16.5. The van der Waals surface area contributed by atoms with E-state index >= 15 is 0 Å². The molecule has 0 unspecified atom stereocenters. The van der Waals surface area contributed by atoms with Gasteiger partial charge in [0.1, 0.15) is 6.61 Å². The second-order valence-electron chi connectivity index (χ2n) is 4.81. The average Bonchev–Trinajstić information content (AvgIpc) is 2.24. The molecule has 1 N–H and O–H groups in total. The highest BCUT2D eigenvalue weighted by Gasteiger charge is 2.27. The van der Waals surface area contributed by atoms with Crippen molar-refractivity contribution in [2.75, 3.05) is 13.2 Å². The number of carbonyl (C=O) groups is 2. The summed E-state index contributed by atoms with van der Waals surface area (Å²) in [7, 11) is 0. The minimum atomic E-state index is -1.31. The van der Waals surface area contributed by atoms with E-state index in [1.165, 1.54) is 6.42 Å². The fourth-order valence-electron chi connectivity index (χ4n) is 2.26. The molecule has 17 heavy (non-hydrogen) atoms. The fourth-order valence-corrected chi connectivity index (χ4v) is 2.26. The molecule has 1 saturated carbocycles. The van der Waals surface area contributed by atoms with Gasteiger partial charge in [-0.25, -0.2) is 0 Å². The summed E-state index contributed by atoms with van der Waals surface area (Å²) in [5.41, 5.74) is 0. The standard InChI is InChI=1S/C12H21NO4/c1-8-4-3-5-10(9(8)2)13-11(14)6-17-7-12(15)16/h8-10H,3-7H2,1-2H3,(H,13,14)(H,15,16)/p-1/t8-,9+,10+/m0/s1. The molecule has 0 aromatic heterocycles. The number of nitrogens with one attached hydrogen (secondary N) is 1. The lowest BCUT2D eigenvalue weighted by molar-refractivity contribution is -0.309. The van der Waals surface area contributed by atoms with Gasteiger partial charge in [-0.15, -0.1) is 0 Å². The van der Waals surface area contributed by atoms with Crippen molar-refractivity contribution < 1.29 is 19.4 Å². The molecule has 1 amide bonds.